The summed E-state index contributed by atoms with van der Waals surface area (Å²) in [5.41, 5.74) is 0.404. The van der Waals surface area contributed by atoms with Crippen LogP contribution in [0.5, 0.6) is 0 Å². The standard InChI is InChI=1S/C22H23ClN2O5/c1-11(2)19(22(29)30-10-16(26)24-15-6-4-3-5-14(15)23)25-20(27)17-12-7-8-13(9-12)18(17)21(25)28/h3-8,11-13,17-19H,9-10H2,1-2H3,(H,24,26)/t12-,13-,17+,18+,19+/m0/s1. The molecule has 1 heterocycles. The number of amides is 3. The van der Waals surface area contributed by atoms with E-state index in [0.29, 0.717) is 10.7 Å². The molecule has 3 amide bonds. The van der Waals surface area contributed by atoms with Crippen LogP contribution >= 0.6 is 11.6 Å². The highest BCUT2D eigenvalue weighted by atomic mass is 35.5. The van der Waals surface area contributed by atoms with Crippen molar-refractivity contribution in [1.82, 2.24) is 4.90 Å². The largest absolute Gasteiger partial charge is 0.454 e. The van der Waals surface area contributed by atoms with E-state index >= 15 is 0 Å². The van der Waals surface area contributed by atoms with Crippen molar-refractivity contribution in [2.45, 2.75) is 26.3 Å². The lowest BCUT2D eigenvalue weighted by atomic mass is 9.85. The van der Waals surface area contributed by atoms with E-state index in [1.54, 1.807) is 38.1 Å². The van der Waals surface area contributed by atoms with Crippen LogP contribution in [0.3, 0.4) is 0 Å². The minimum atomic E-state index is -1.05. The molecule has 7 nitrogen and oxygen atoms in total. The maximum Gasteiger partial charge on any atom is 0.330 e. The number of nitrogens with zero attached hydrogens (tertiary/aromatic N) is 1. The van der Waals surface area contributed by atoms with Gasteiger partial charge >= 0.3 is 5.97 Å². The van der Waals surface area contributed by atoms with Gasteiger partial charge in [0.25, 0.3) is 5.91 Å². The second-order valence-electron chi connectivity index (χ2n) is 8.37. The molecule has 1 saturated heterocycles. The summed E-state index contributed by atoms with van der Waals surface area (Å²) < 4.78 is 5.18. The van der Waals surface area contributed by atoms with Gasteiger partial charge in [0.2, 0.25) is 11.8 Å². The van der Waals surface area contributed by atoms with Gasteiger partial charge in [-0.3, -0.25) is 19.3 Å². The Kier molecular flexibility index (Phi) is 5.40. The van der Waals surface area contributed by atoms with E-state index in [4.69, 9.17) is 16.3 Å². The predicted octanol–water partition coefficient (Wildman–Crippen LogP) is 2.65. The lowest BCUT2D eigenvalue weighted by Gasteiger charge is -2.28. The predicted molar refractivity (Wildman–Crippen MR) is 109 cm³/mol. The number of fused-ring (bicyclic) bond motifs is 5. The van der Waals surface area contributed by atoms with Crippen LogP contribution in [0.2, 0.25) is 5.02 Å². The fourth-order valence-corrected chi connectivity index (χ4v) is 5.03. The van der Waals surface area contributed by atoms with Gasteiger partial charge in [0.1, 0.15) is 6.04 Å². The first-order valence-electron chi connectivity index (χ1n) is 10.1. The minimum Gasteiger partial charge on any atom is -0.454 e. The van der Waals surface area contributed by atoms with E-state index in [1.165, 1.54) is 0 Å². The lowest BCUT2D eigenvalue weighted by molar-refractivity contribution is -0.162. The molecule has 0 aromatic heterocycles. The molecular formula is C22H23ClN2O5. The third-order valence-corrected chi connectivity index (χ3v) is 6.48. The van der Waals surface area contributed by atoms with E-state index in [1.807, 2.05) is 12.2 Å². The molecule has 1 saturated carbocycles. The highest BCUT2D eigenvalue weighted by molar-refractivity contribution is 6.33. The molecule has 2 bridgehead atoms. The second-order valence-corrected chi connectivity index (χ2v) is 8.78. The summed E-state index contributed by atoms with van der Waals surface area (Å²) in [5, 5.41) is 2.93. The van der Waals surface area contributed by atoms with Crippen LogP contribution in [0.15, 0.2) is 36.4 Å². The lowest BCUT2D eigenvalue weighted by Crippen LogP contribution is -2.50. The fourth-order valence-electron chi connectivity index (χ4n) is 4.85. The van der Waals surface area contributed by atoms with Gasteiger partial charge in [-0.15, -0.1) is 0 Å². The first-order valence-corrected chi connectivity index (χ1v) is 10.4. The topological polar surface area (TPSA) is 92.8 Å². The highest BCUT2D eigenvalue weighted by Gasteiger charge is 2.61. The molecule has 1 aliphatic heterocycles. The van der Waals surface area contributed by atoms with Crippen molar-refractivity contribution in [1.29, 1.82) is 0 Å². The minimum absolute atomic E-state index is 0.0617. The Bertz CT molecular complexity index is 913. The monoisotopic (exact) mass is 430 g/mol. The van der Waals surface area contributed by atoms with Crippen LogP contribution in [-0.4, -0.2) is 41.2 Å². The second kappa shape index (κ2) is 7.87. The van der Waals surface area contributed by atoms with Crippen molar-refractivity contribution >= 4 is 41.0 Å². The van der Waals surface area contributed by atoms with Crippen molar-refractivity contribution < 1.29 is 23.9 Å². The van der Waals surface area contributed by atoms with Gasteiger partial charge in [-0.25, -0.2) is 4.79 Å². The number of para-hydroxylation sites is 1. The number of hydrogen-bond acceptors (Lipinski definition) is 5. The van der Waals surface area contributed by atoms with Crippen molar-refractivity contribution in [3.8, 4) is 0 Å². The number of halogens is 1. The number of ether oxygens (including phenoxy) is 1. The van der Waals surface area contributed by atoms with E-state index in [2.05, 4.69) is 5.32 Å². The van der Waals surface area contributed by atoms with Crippen LogP contribution < -0.4 is 5.32 Å². The Morgan fingerprint density at radius 1 is 1.13 bits per heavy atom. The fraction of sp³-hybridized carbons (Fsp3) is 0.455. The third kappa shape index (κ3) is 3.41. The molecule has 1 N–H and O–H groups in total. The van der Waals surface area contributed by atoms with E-state index in [0.717, 1.165) is 11.3 Å². The number of rotatable bonds is 6. The van der Waals surface area contributed by atoms with Crippen LogP contribution in [0.4, 0.5) is 5.69 Å². The molecule has 30 heavy (non-hydrogen) atoms. The summed E-state index contributed by atoms with van der Waals surface area (Å²) in [6, 6.07) is 5.64. The number of imide groups is 1. The molecule has 5 atom stereocenters. The molecule has 1 aromatic carbocycles. The molecule has 0 radical (unpaired) electrons. The van der Waals surface area contributed by atoms with Gasteiger partial charge in [0.05, 0.1) is 22.5 Å². The number of likely N-dealkylation sites (tertiary alicyclic amines) is 1. The van der Waals surface area contributed by atoms with E-state index in [-0.39, 0.29) is 41.4 Å². The number of carbonyl (C=O) groups excluding carboxylic acids is 4. The maximum atomic E-state index is 13.0. The molecule has 8 heteroatoms. The van der Waals surface area contributed by atoms with E-state index in [9.17, 15) is 19.2 Å². The first kappa shape index (κ1) is 20.6. The molecule has 3 aliphatic rings. The number of carbonyl (C=O) groups is 4. The molecule has 0 unspecified atom stereocenters. The Hall–Kier alpha value is -2.67. The molecule has 0 spiro atoms. The zero-order chi connectivity index (χ0) is 21.6. The summed E-state index contributed by atoms with van der Waals surface area (Å²) in [6.45, 7) is 2.96. The highest BCUT2D eigenvalue weighted by Crippen LogP contribution is 2.53. The summed E-state index contributed by atoms with van der Waals surface area (Å²) in [5.74, 6) is -2.93. The summed E-state index contributed by atoms with van der Waals surface area (Å²) >= 11 is 6.01. The molecular weight excluding hydrogens is 408 g/mol. The normalized spacial score (nSPS) is 27.5. The Labute approximate surface area is 179 Å². The molecule has 2 fully saturated rings. The third-order valence-electron chi connectivity index (χ3n) is 6.15. The van der Waals surface area contributed by atoms with Gasteiger partial charge < -0.3 is 10.1 Å². The van der Waals surface area contributed by atoms with Crippen molar-refractivity contribution in [3.05, 3.63) is 41.4 Å². The van der Waals surface area contributed by atoms with Crippen LogP contribution in [0, 0.1) is 29.6 Å². The first-order chi connectivity index (χ1) is 14.3. The smallest absolute Gasteiger partial charge is 0.330 e. The van der Waals surface area contributed by atoms with Crippen molar-refractivity contribution in [3.63, 3.8) is 0 Å². The van der Waals surface area contributed by atoms with Gasteiger partial charge in [-0.1, -0.05) is 49.7 Å². The number of benzene rings is 1. The number of allylic oxidation sites excluding steroid dienone is 2. The Balaban J connectivity index is 1.43. The van der Waals surface area contributed by atoms with Gasteiger partial charge in [-0.05, 0) is 36.3 Å². The average molecular weight is 431 g/mol. The molecule has 158 valence electrons. The van der Waals surface area contributed by atoms with E-state index < -0.39 is 24.5 Å². The summed E-state index contributed by atoms with van der Waals surface area (Å²) in [6.07, 6.45) is 4.82. The molecule has 4 rings (SSSR count). The van der Waals surface area contributed by atoms with Crippen molar-refractivity contribution in [2.24, 2.45) is 29.6 Å². The zero-order valence-electron chi connectivity index (χ0n) is 16.7. The Morgan fingerprint density at radius 2 is 1.73 bits per heavy atom. The maximum absolute atomic E-state index is 13.0. The van der Waals surface area contributed by atoms with Crippen LogP contribution in [-0.2, 0) is 23.9 Å². The molecule has 2 aliphatic carbocycles. The number of nitrogens with one attached hydrogen (secondary N) is 1. The Morgan fingerprint density at radius 3 is 2.30 bits per heavy atom. The van der Waals surface area contributed by atoms with Crippen molar-refractivity contribution in [2.75, 3.05) is 11.9 Å². The van der Waals surface area contributed by atoms with Gasteiger partial charge in [0.15, 0.2) is 6.61 Å². The SMILES string of the molecule is CC(C)[C@H](C(=O)OCC(=O)Nc1ccccc1Cl)N1C(=O)[C@H]2[C@H](C1=O)[C@H]1C=C[C@H]2C1. The average Bonchev–Trinajstić information content (AvgIpc) is 3.38. The quantitative estimate of drug-likeness (QED) is 0.425. The molecule has 1 aromatic rings. The number of esters is 1. The van der Waals surface area contributed by atoms with Crippen LogP contribution in [0.1, 0.15) is 20.3 Å². The summed E-state index contributed by atoms with van der Waals surface area (Å²) in [7, 11) is 0. The van der Waals surface area contributed by atoms with Gasteiger partial charge in [-0.2, -0.15) is 0 Å². The zero-order valence-corrected chi connectivity index (χ0v) is 17.5. The summed E-state index contributed by atoms with van der Waals surface area (Å²) in [4.78, 5) is 52.1. The number of anilines is 1. The van der Waals surface area contributed by atoms with Gasteiger partial charge in [0, 0.05) is 0 Å². The van der Waals surface area contributed by atoms with Crippen LogP contribution in [0.25, 0.3) is 0 Å². The number of hydrogen-bond donors (Lipinski definition) is 1.